The highest BCUT2D eigenvalue weighted by molar-refractivity contribution is 8.14. The van der Waals surface area contributed by atoms with Gasteiger partial charge in [0.25, 0.3) is 0 Å². The molecule has 1 heterocycles. The van der Waals surface area contributed by atoms with Crippen molar-refractivity contribution in [3.05, 3.63) is 0 Å². The molecule has 0 aromatic rings. The molecular weight excluding hydrogens is 220 g/mol. The number of hydrogen-bond donors (Lipinski definition) is 1. The Bertz CT molecular complexity index is 239. The van der Waals surface area contributed by atoms with E-state index in [4.69, 9.17) is 4.74 Å². The van der Waals surface area contributed by atoms with Gasteiger partial charge in [-0.1, -0.05) is 25.6 Å². The first-order valence-electron chi connectivity index (χ1n) is 6.03. The number of thioether (sulfide) groups is 1. The van der Waals surface area contributed by atoms with Crippen molar-refractivity contribution in [2.75, 3.05) is 25.5 Å². The second-order valence-corrected chi connectivity index (χ2v) is 6.27. The van der Waals surface area contributed by atoms with Gasteiger partial charge in [0.15, 0.2) is 5.17 Å². The molecular formula is C12H24N2OS. The maximum Gasteiger partial charge on any atom is 0.157 e. The van der Waals surface area contributed by atoms with Crippen LogP contribution in [-0.4, -0.2) is 36.2 Å². The van der Waals surface area contributed by atoms with Crippen molar-refractivity contribution in [2.24, 2.45) is 10.9 Å². The Hall–Kier alpha value is -0.220. The highest BCUT2D eigenvalue weighted by Crippen LogP contribution is 2.21. The highest BCUT2D eigenvalue weighted by atomic mass is 32.2. The number of ether oxygens (including phenoxy) is 1. The van der Waals surface area contributed by atoms with E-state index in [1.807, 2.05) is 11.8 Å². The van der Waals surface area contributed by atoms with E-state index < -0.39 is 0 Å². The third-order valence-corrected chi connectivity index (χ3v) is 3.54. The first-order chi connectivity index (χ1) is 7.49. The molecule has 0 bridgehead atoms. The number of amidine groups is 1. The summed E-state index contributed by atoms with van der Waals surface area (Å²) in [6.07, 6.45) is 1.01. The minimum absolute atomic E-state index is 0.206. The maximum atomic E-state index is 5.50. The normalized spacial score (nSPS) is 21.7. The van der Waals surface area contributed by atoms with E-state index >= 15 is 0 Å². The zero-order chi connectivity index (χ0) is 12.0. The minimum atomic E-state index is 0.206. The summed E-state index contributed by atoms with van der Waals surface area (Å²) in [6.45, 7) is 11.3. The van der Waals surface area contributed by atoms with Crippen molar-refractivity contribution >= 4 is 16.9 Å². The number of hydrogen-bond acceptors (Lipinski definition) is 3. The maximum absolute atomic E-state index is 5.50. The number of aliphatic imine (C=N–C) groups is 1. The van der Waals surface area contributed by atoms with Crippen LogP contribution < -0.4 is 5.32 Å². The fourth-order valence-corrected chi connectivity index (χ4v) is 2.46. The largest absolute Gasteiger partial charge is 0.381 e. The predicted octanol–water partition coefficient (Wildman–Crippen LogP) is 2.52. The molecule has 0 radical (unpaired) electrons. The van der Waals surface area contributed by atoms with Gasteiger partial charge < -0.3 is 10.1 Å². The van der Waals surface area contributed by atoms with Crippen LogP contribution in [0.3, 0.4) is 0 Å². The molecule has 0 spiro atoms. The van der Waals surface area contributed by atoms with E-state index in [2.05, 4.69) is 38.0 Å². The summed E-state index contributed by atoms with van der Waals surface area (Å²) >= 11 is 1.82. The monoisotopic (exact) mass is 244 g/mol. The molecule has 1 aliphatic rings. The van der Waals surface area contributed by atoms with Crippen LogP contribution in [0.4, 0.5) is 0 Å². The molecule has 0 amide bonds. The first-order valence-corrected chi connectivity index (χ1v) is 7.01. The molecule has 16 heavy (non-hydrogen) atoms. The topological polar surface area (TPSA) is 33.6 Å². The lowest BCUT2D eigenvalue weighted by Crippen LogP contribution is -2.36. The van der Waals surface area contributed by atoms with Crippen molar-refractivity contribution in [1.29, 1.82) is 0 Å². The Labute approximate surface area is 103 Å². The second kappa shape index (κ2) is 6.50. The van der Waals surface area contributed by atoms with Crippen LogP contribution in [0.5, 0.6) is 0 Å². The summed E-state index contributed by atoms with van der Waals surface area (Å²) in [6, 6.07) is 0. The first kappa shape index (κ1) is 13.8. The van der Waals surface area contributed by atoms with Crippen LogP contribution >= 0.6 is 11.8 Å². The van der Waals surface area contributed by atoms with Gasteiger partial charge in [0.05, 0.1) is 0 Å². The smallest absolute Gasteiger partial charge is 0.157 e. The van der Waals surface area contributed by atoms with E-state index in [9.17, 15) is 0 Å². The summed E-state index contributed by atoms with van der Waals surface area (Å²) in [5, 5.41) is 4.50. The third-order valence-electron chi connectivity index (χ3n) is 2.17. The molecule has 1 fully saturated rings. The van der Waals surface area contributed by atoms with Gasteiger partial charge >= 0.3 is 0 Å². The number of rotatable bonds is 6. The summed E-state index contributed by atoms with van der Waals surface area (Å²) in [5.74, 6) is 1.73. The molecule has 1 saturated heterocycles. The SMILES string of the molecule is CC(C)COCCCN=C1NC(C)(C)CS1. The summed E-state index contributed by atoms with van der Waals surface area (Å²) in [5.41, 5.74) is 0.206. The van der Waals surface area contributed by atoms with E-state index in [0.29, 0.717) is 5.92 Å². The van der Waals surface area contributed by atoms with E-state index in [1.54, 1.807) is 0 Å². The fourth-order valence-electron chi connectivity index (χ4n) is 1.36. The second-order valence-electron chi connectivity index (χ2n) is 5.31. The standard InChI is InChI=1S/C12H24N2OS/c1-10(2)8-15-7-5-6-13-11-14-12(3,4)9-16-11/h10H,5-9H2,1-4H3,(H,13,14). The average Bonchev–Trinajstić information content (AvgIpc) is 2.51. The molecule has 0 atom stereocenters. The summed E-state index contributed by atoms with van der Waals surface area (Å²) in [7, 11) is 0. The molecule has 0 aromatic heterocycles. The molecule has 0 aliphatic carbocycles. The highest BCUT2D eigenvalue weighted by Gasteiger charge is 2.26. The lowest BCUT2D eigenvalue weighted by molar-refractivity contribution is 0.109. The van der Waals surface area contributed by atoms with Gasteiger partial charge in [-0.3, -0.25) is 4.99 Å². The van der Waals surface area contributed by atoms with Gasteiger partial charge in [0.2, 0.25) is 0 Å². The predicted molar refractivity (Wildman–Crippen MR) is 72.2 cm³/mol. The summed E-state index contributed by atoms with van der Waals surface area (Å²) in [4.78, 5) is 4.52. The number of nitrogens with zero attached hydrogens (tertiary/aromatic N) is 1. The molecule has 0 aromatic carbocycles. The molecule has 3 nitrogen and oxygen atoms in total. The third kappa shape index (κ3) is 5.75. The van der Waals surface area contributed by atoms with Crippen molar-refractivity contribution in [3.8, 4) is 0 Å². The van der Waals surface area contributed by atoms with E-state index in [1.165, 1.54) is 0 Å². The van der Waals surface area contributed by atoms with Gasteiger partial charge in [0, 0.05) is 31.1 Å². The molecule has 1 aliphatic heterocycles. The zero-order valence-corrected chi connectivity index (χ0v) is 11.7. The van der Waals surface area contributed by atoms with Crippen LogP contribution in [-0.2, 0) is 4.74 Å². The fraction of sp³-hybridized carbons (Fsp3) is 0.917. The average molecular weight is 244 g/mol. The van der Waals surface area contributed by atoms with Gasteiger partial charge in [0.1, 0.15) is 0 Å². The lowest BCUT2D eigenvalue weighted by atomic mass is 10.1. The van der Waals surface area contributed by atoms with Gasteiger partial charge in [-0.25, -0.2) is 0 Å². The Morgan fingerprint density at radius 2 is 2.25 bits per heavy atom. The van der Waals surface area contributed by atoms with Crippen molar-refractivity contribution in [3.63, 3.8) is 0 Å². The van der Waals surface area contributed by atoms with Crippen molar-refractivity contribution < 1.29 is 4.74 Å². The Balaban J connectivity index is 2.05. The molecule has 0 saturated carbocycles. The van der Waals surface area contributed by atoms with Crippen LogP contribution in [0.15, 0.2) is 4.99 Å². The summed E-state index contributed by atoms with van der Waals surface area (Å²) < 4.78 is 5.50. The minimum Gasteiger partial charge on any atom is -0.381 e. The van der Waals surface area contributed by atoms with Gasteiger partial charge in [-0.15, -0.1) is 0 Å². The molecule has 94 valence electrons. The molecule has 1 rings (SSSR count). The van der Waals surface area contributed by atoms with Gasteiger partial charge in [-0.2, -0.15) is 0 Å². The zero-order valence-electron chi connectivity index (χ0n) is 10.9. The van der Waals surface area contributed by atoms with E-state index in [-0.39, 0.29) is 5.54 Å². The lowest BCUT2D eigenvalue weighted by Gasteiger charge is -2.15. The Morgan fingerprint density at radius 1 is 1.50 bits per heavy atom. The number of nitrogens with one attached hydrogen (secondary N) is 1. The van der Waals surface area contributed by atoms with Gasteiger partial charge in [-0.05, 0) is 26.2 Å². The Kier molecular flexibility index (Phi) is 5.62. The van der Waals surface area contributed by atoms with Crippen LogP contribution in [0, 0.1) is 5.92 Å². The molecule has 0 unspecified atom stereocenters. The molecule has 1 N–H and O–H groups in total. The van der Waals surface area contributed by atoms with Crippen molar-refractivity contribution in [1.82, 2.24) is 5.32 Å². The van der Waals surface area contributed by atoms with E-state index in [0.717, 1.165) is 37.1 Å². The van der Waals surface area contributed by atoms with Crippen molar-refractivity contribution in [2.45, 2.75) is 39.7 Å². The van der Waals surface area contributed by atoms with Crippen LogP contribution in [0.2, 0.25) is 0 Å². The van der Waals surface area contributed by atoms with Crippen LogP contribution in [0.25, 0.3) is 0 Å². The molecule has 4 heteroatoms. The Morgan fingerprint density at radius 3 is 2.81 bits per heavy atom. The van der Waals surface area contributed by atoms with Crippen LogP contribution in [0.1, 0.15) is 34.1 Å². The quantitative estimate of drug-likeness (QED) is 0.729.